The topological polar surface area (TPSA) is 66.4 Å². The summed E-state index contributed by atoms with van der Waals surface area (Å²) in [5, 5.41) is 12.3. The van der Waals surface area contributed by atoms with Gasteiger partial charge in [0.1, 0.15) is 0 Å². The number of amides is 1. The molecule has 2 atom stereocenters. The van der Waals surface area contributed by atoms with Crippen LogP contribution in [0.1, 0.15) is 29.2 Å². The van der Waals surface area contributed by atoms with Gasteiger partial charge in [0.15, 0.2) is 0 Å². The van der Waals surface area contributed by atoms with Crippen molar-refractivity contribution in [3.8, 4) is 0 Å². The van der Waals surface area contributed by atoms with E-state index in [1.807, 2.05) is 56.3 Å². The quantitative estimate of drug-likeness (QED) is 0.811. The third-order valence-corrected chi connectivity index (χ3v) is 4.38. The molecule has 2 N–H and O–H groups in total. The minimum absolute atomic E-state index is 0.224. The Labute approximate surface area is 148 Å². The number of carboxylic acids is 1. The first-order valence-electron chi connectivity index (χ1n) is 8.48. The van der Waals surface area contributed by atoms with Gasteiger partial charge in [-0.25, -0.2) is 0 Å². The zero-order valence-corrected chi connectivity index (χ0v) is 15.0. The summed E-state index contributed by atoms with van der Waals surface area (Å²) >= 11 is 0. The fourth-order valence-corrected chi connectivity index (χ4v) is 3.03. The minimum Gasteiger partial charge on any atom is -0.481 e. The number of carboxylic acid groups (broad SMARTS) is 1. The standard InChI is InChI=1S/C21H25NO3/c1-14-9-15(2)11-18(10-14)12-19(16(3)21(24)25)20(23)22-13-17-7-5-4-6-8-17/h4-11,16,19H,12-13H2,1-3H3,(H,22,23)(H,24,25). The predicted molar refractivity (Wildman–Crippen MR) is 98.2 cm³/mol. The smallest absolute Gasteiger partial charge is 0.307 e. The number of hydrogen-bond donors (Lipinski definition) is 2. The highest BCUT2D eigenvalue weighted by Gasteiger charge is 2.30. The highest BCUT2D eigenvalue weighted by atomic mass is 16.4. The van der Waals surface area contributed by atoms with Gasteiger partial charge >= 0.3 is 5.97 Å². The number of benzene rings is 2. The van der Waals surface area contributed by atoms with Crippen LogP contribution in [0.5, 0.6) is 0 Å². The molecule has 0 saturated carbocycles. The maximum absolute atomic E-state index is 12.7. The summed E-state index contributed by atoms with van der Waals surface area (Å²) in [4.78, 5) is 24.1. The van der Waals surface area contributed by atoms with Crippen LogP contribution in [0.3, 0.4) is 0 Å². The molecule has 0 aromatic heterocycles. The molecule has 0 aliphatic heterocycles. The minimum atomic E-state index is -0.954. The number of aryl methyl sites for hydroxylation is 2. The molecule has 2 unspecified atom stereocenters. The lowest BCUT2D eigenvalue weighted by Crippen LogP contribution is -2.38. The molecule has 0 fully saturated rings. The zero-order valence-electron chi connectivity index (χ0n) is 15.0. The lowest BCUT2D eigenvalue weighted by Gasteiger charge is -2.21. The fraction of sp³-hybridized carbons (Fsp3) is 0.333. The molecule has 0 aliphatic rings. The maximum atomic E-state index is 12.7. The summed E-state index contributed by atoms with van der Waals surface area (Å²) in [5.41, 5.74) is 4.21. The van der Waals surface area contributed by atoms with Crippen LogP contribution in [0.15, 0.2) is 48.5 Å². The van der Waals surface area contributed by atoms with Gasteiger partial charge in [0, 0.05) is 6.54 Å². The summed E-state index contributed by atoms with van der Waals surface area (Å²) in [6, 6.07) is 15.7. The summed E-state index contributed by atoms with van der Waals surface area (Å²) in [5.74, 6) is -2.54. The van der Waals surface area contributed by atoms with Gasteiger partial charge in [-0.1, -0.05) is 66.6 Å². The zero-order chi connectivity index (χ0) is 18.4. The molecule has 0 aliphatic carbocycles. The Morgan fingerprint density at radius 3 is 2.16 bits per heavy atom. The molecular formula is C21H25NO3. The Hall–Kier alpha value is -2.62. The molecule has 0 spiro atoms. The van der Waals surface area contributed by atoms with Crippen LogP contribution >= 0.6 is 0 Å². The number of carbonyl (C=O) groups excluding carboxylic acids is 1. The molecule has 4 heteroatoms. The largest absolute Gasteiger partial charge is 0.481 e. The normalized spacial score (nSPS) is 13.1. The highest BCUT2D eigenvalue weighted by Crippen LogP contribution is 2.21. The van der Waals surface area contributed by atoms with Gasteiger partial charge in [0.05, 0.1) is 11.8 Å². The molecule has 4 nitrogen and oxygen atoms in total. The first-order valence-corrected chi connectivity index (χ1v) is 8.48. The monoisotopic (exact) mass is 339 g/mol. The Morgan fingerprint density at radius 2 is 1.60 bits per heavy atom. The van der Waals surface area contributed by atoms with E-state index in [1.54, 1.807) is 6.92 Å². The Kier molecular flexibility index (Phi) is 6.34. The van der Waals surface area contributed by atoms with Crippen molar-refractivity contribution in [2.24, 2.45) is 11.8 Å². The third-order valence-electron chi connectivity index (χ3n) is 4.38. The van der Waals surface area contributed by atoms with Gasteiger partial charge in [-0.05, 0) is 31.4 Å². The lowest BCUT2D eigenvalue weighted by atomic mass is 9.86. The van der Waals surface area contributed by atoms with Gasteiger partial charge in [0.2, 0.25) is 5.91 Å². The molecule has 25 heavy (non-hydrogen) atoms. The predicted octanol–water partition coefficient (Wildman–Crippen LogP) is 3.50. The van der Waals surface area contributed by atoms with Crippen molar-refractivity contribution >= 4 is 11.9 Å². The van der Waals surface area contributed by atoms with Crippen molar-refractivity contribution in [2.45, 2.75) is 33.7 Å². The number of aliphatic carboxylic acids is 1. The van der Waals surface area contributed by atoms with E-state index < -0.39 is 17.8 Å². The van der Waals surface area contributed by atoms with Crippen LogP contribution in [0.4, 0.5) is 0 Å². The maximum Gasteiger partial charge on any atom is 0.307 e. The van der Waals surface area contributed by atoms with Gasteiger partial charge in [-0.3, -0.25) is 9.59 Å². The van der Waals surface area contributed by atoms with E-state index in [1.165, 1.54) is 0 Å². The lowest BCUT2D eigenvalue weighted by molar-refractivity contribution is -0.146. The van der Waals surface area contributed by atoms with Crippen molar-refractivity contribution in [1.82, 2.24) is 5.32 Å². The van der Waals surface area contributed by atoms with Crippen LogP contribution in [-0.2, 0) is 22.6 Å². The number of rotatable bonds is 7. The second-order valence-electron chi connectivity index (χ2n) is 6.64. The average molecular weight is 339 g/mol. The van der Waals surface area contributed by atoms with E-state index in [9.17, 15) is 14.7 Å². The first kappa shape index (κ1) is 18.7. The van der Waals surface area contributed by atoms with Crippen molar-refractivity contribution in [1.29, 1.82) is 0 Å². The number of carbonyl (C=O) groups is 2. The Balaban J connectivity index is 2.14. The summed E-state index contributed by atoms with van der Waals surface area (Å²) in [7, 11) is 0. The molecule has 0 heterocycles. The van der Waals surface area contributed by atoms with E-state index in [0.717, 1.165) is 22.3 Å². The van der Waals surface area contributed by atoms with Crippen molar-refractivity contribution in [2.75, 3.05) is 0 Å². The second kappa shape index (κ2) is 8.47. The Morgan fingerprint density at radius 1 is 1.00 bits per heavy atom. The van der Waals surface area contributed by atoms with Gasteiger partial charge in [-0.15, -0.1) is 0 Å². The van der Waals surface area contributed by atoms with Crippen LogP contribution in [0.25, 0.3) is 0 Å². The van der Waals surface area contributed by atoms with Gasteiger partial charge in [0.25, 0.3) is 0 Å². The fourth-order valence-electron chi connectivity index (χ4n) is 3.03. The van der Waals surface area contributed by atoms with Crippen molar-refractivity contribution < 1.29 is 14.7 Å². The average Bonchev–Trinajstić information content (AvgIpc) is 2.57. The number of nitrogens with one attached hydrogen (secondary N) is 1. The number of hydrogen-bond acceptors (Lipinski definition) is 2. The molecular weight excluding hydrogens is 314 g/mol. The molecule has 132 valence electrons. The van der Waals surface area contributed by atoms with Crippen LogP contribution in [0.2, 0.25) is 0 Å². The van der Waals surface area contributed by atoms with Crippen LogP contribution < -0.4 is 5.32 Å². The first-order chi connectivity index (χ1) is 11.9. The van der Waals surface area contributed by atoms with Gasteiger partial charge in [-0.2, -0.15) is 0 Å². The summed E-state index contributed by atoms with van der Waals surface area (Å²) < 4.78 is 0. The summed E-state index contributed by atoms with van der Waals surface area (Å²) in [6.45, 7) is 6.00. The Bertz CT molecular complexity index is 720. The second-order valence-corrected chi connectivity index (χ2v) is 6.64. The molecule has 0 radical (unpaired) electrons. The van der Waals surface area contributed by atoms with E-state index in [0.29, 0.717) is 13.0 Å². The van der Waals surface area contributed by atoms with Crippen molar-refractivity contribution in [3.63, 3.8) is 0 Å². The van der Waals surface area contributed by atoms with E-state index in [2.05, 4.69) is 11.4 Å². The molecule has 0 bridgehead atoms. The third kappa shape index (κ3) is 5.45. The summed E-state index contributed by atoms with van der Waals surface area (Å²) in [6.07, 6.45) is 0.413. The van der Waals surface area contributed by atoms with Gasteiger partial charge < -0.3 is 10.4 Å². The van der Waals surface area contributed by atoms with Crippen molar-refractivity contribution in [3.05, 3.63) is 70.8 Å². The molecule has 2 rings (SSSR count). The SMILES string of the molecule is Cc1cc(C)cc(CC(C(=O)NCc2ccccc2)C(C)C(=O)O)c1. The molecule has 2 aromatic carbocycles. The molecule has 2 aromatic rings. The van der Waals surface area contributed by atoms with E-state index >= 15 is 0 Å². The molecule has 1 amide bonds. The van der Waals surface area contributed by atoms with Crippen LogP contribution in [-0.4, -0.2) is 17.0 Å². The highest BCUT2D eigenvalue weighted by molar-refractivity contribution is 5.84. The molecule has 0 saturated heterocycles. The van der Waals surface area contributed by atoms with E-state index in [-0.39, 0.29) is 5.91 Å². The van der Waals surface area contributed by atoms with E-state index in [4.69, 9.17) is 0 Å². The van der Waals surface area contributed by atoms with Crippen LogP contribution in [0, 0.1) is 25.7 Å².